The van der Waals surface area contributed by atoms with Crippen LogP contribution in [0.3, 0.4) is 0 Å². The molecule has 0 bridgehead atoms. The highest BCUT2D eigenvalue weighted by Crippen LogP contribution is 2.30. The van der Waals surface area contributed by atoms with Crippen LogP contribution in [-0.4, -0.2) is 53.7 Å². The first-order chi connectivity index (χ1) is 10.1. The summed E-state index contributed by atoms with van der Waals surface area (Å²) in [5.41, 5.74) is -1.61. The fourth-order valence-corrected chi connectivity index (χ4v) is 3.12. The first kappa shape index (κ1) is 17.1. The monoisotopic (exact) mass is 322 g/mol. The molecule has 2 aliphatic rings. The second kappa shape index (κ2) is 6.06. The van der Waals surface area contributed by atoms with E-state index < -0.39 is 23.5 Å². The van der Waals surface area contributed by atoms with Crippen molar-refractivity contribution in [2.45, 2.75) is 63.4 Å². The normalized spacial score (nSPS) is 26.3. The van der Waals surface area contributed by atoms with Crippen molar-refractivity contribution < 1.29 is 27.5 Å². The van der Waals surface area contributed by atoms with Gasteiger partial charge in [-0.3, -0.25) is 9.59 Å². The van der Waals surface area contributed by atoms with Gasteiger partial charge in [0.15, 0.2) is 0 Å². The molecule has 1 N–H and O–H groups in total. The average molecular weight is 322 g/mol. The highest BCUT2D eigenvalue weighted by atomic mass is 19.4. The highest BCUT2D eigenvalue weighted by Gasteiger charge is 2.46. The predicted octanol–water partition coefficient (Wildman–Crippen LogP) is 1.61. The van der Waals surface area contributed by atoms with Crippen LogP contribution in [-0.2, 0) is 14.3 Å². The number of nitrogens with zero attached hydrogens (tertiary/aromatic N) is 1. The van der Waals surface area contributed by atoms with Crippen molar-refractivity contribution in [3.05, 3.63) is 0 Å². The second-order valence-corrected chi connectivity index (χ2v) is 6.34. The Morgan fingerprint density at radius 2 is 1.82 bits per heavy atom. The molecular formula is C14H21F3N2O3. The Labute approximate surface area is 127 Å². The van der Waals surface area contributed by atoms with Crippen molar-refractivity contribution in [3.63, 3.8) is 0 Å². The van der Waals surface area contributed by atoms with Gasteiger partial charge in [0.05, 0.1) is 18.8 Å². The van der Waals surface area contributed by atoms with Crippen LogP contribution in [0.1, 0.15) is 39.5 Å². The minimum absolute atomic E-state index is 0.0550. The summed E-state index contributed by atoms with van der Waals surface area (Å²) in [5.74, 6) is -2.59. The minimum Gasteiger partial charge on any atom is -0.374 e. The summed E-state index contributed by atoms with van der Waals surface area (Å²) in [4.78, 5) is 25.3. The van der Waals surface area contributed by atoms with Gasteiger partial charge in [-0.1, -0.05) is 12.8 Å². The van der Waals surface area contributed by atoms with Crippen LogP contribution in [0.4, 0.5) is 13.2 Å². The molecule has 2 unspecified atom stereocenters. The van der Waals surface area contributed by atoms with Gasteiger partial charge in [0, 0.05) is 6.54 Å². The Kier molecular flexibility index (Phi) is 4.70. The molecule has 1 aliphatic carbocycles. The van der Waals surface area contributed by atoms with E-state index in [2.05, 4.69) is 0 Å². The van der Waals surface area contributed by atoms with Gasteiger partial charge in [-0.25, -0.2) is 0 Å². The molecule has 0 aromatic carbocycles. The quantitative estimate of drug-likeness (QED) is 0.840. The molecule has 8 heteroatoms. The summed E-state index contributed by atoms with van der Waals surface area (Å²) in [7, 11) is 0. The zero-order chi connectivity index (χ0) is 16.5. The zero-order valence-electron chi connectivity index (χ0n) is 12.7. The highest BCUT2D eigenvalue weighted by molar-refractivity contribution is 5.92. The Balaban J connectivity index is 2.09. The number of halogens is 3. The topological polar surface area (TPSA) is 58.6 Å². The number of morpholine rings is 1. The number of amides is 2. The van der Waals surface area contributed by atoms with Gasteiger partial charge >= 0.3 is 12.1 Å². The number of carbonyl (C=O) groups is 2. The lowest BCUT2D eigenvalue weighted by Crippen LogP contribution is -2.64. The second-order valence-electron chi connectivity index (χ2n) is 6.34. The number of fused-ring (bicyclic) bond motifs is 1. The maximum Gasteiger partial charge on any atom is 0.471 e. The van der Waals surface area contributed by atoms with Gasteiger partial charge in [-0.05, 0) is 26.7 Å². The third-order valence-electron chi connectivity index (χ3n) is 4.21. The van der Waals surface area contributed by atoms with Gasteiger partial charge in [-0.2, -0.15) is 13.2 Å². The number of carbonyl (C=O) groups excluding carboxylic acids is 2. The molecule has 2 fully saturated rings. The largest absolute Gasteiger partial charge is 0.471 e. The molecule has 2 atom stereocenters. The zero-order valence-corrected chi connectivity index (χ0v) is 12.7. The fourth-order valence-electron chi connectivity index (χ4n) is 3.12. The van der Waals surface area contributed by atoms with Gasteiger partial charge in [0.25, 0.3) is 0 Å². The van der Waals surface area contributed by atoms with Gasteiger partial charge in [0.1, 0.15) is 5.54 Å². The van der Waals surface area contributed by atoms with Crippen LogP contribution < -0.4 is 5.32 Å². The van der Waals surface area contributed by atoms with Crippen LogP contribution in [0.2, 0.25) is 0 Å². The Bertz CT molecular complexity index is 449. The molecule has 0 aromatic heterocycles. The Morgan fingerprint density at radius 1 is 1.18 bits per heavy atom. The lowest BCUT2D eigenvalue weighted by molar-refractivity contribution is -0.178. The summed E-state index contributed by atoms with van der Waals surface area (Å²) in [6.07, 6.45) is -1.44. The number of nitrogens with one attached hydrogen (secondary N) is 1. The lowest BCUT2D eigenvalue weighted by atomic mass is 9.88. The van der Waals surface area contributed by atoms with Gasteiger partial charge in [-0.15, -0.1) is 0 Å². The van der Waals surface area contributed by atoms with E-state index in [0.29, 0.717) is 13.2 Å². The Morgan fingerprint density at radius 3 is 2.45 bits per heavy atom. The van der Waals surface area contributed by atoms with Crippen molar-refractivity contribution in [1.29, 1.82) is 0 Å². The van der Waals surface area contributed by atoms with Crippen molar-refractivity contribution in [3.8, 4) is 0 Å². The minimum atomic E-state index is -5.00. The first-order valence-corrected chi connectivity index (χ1v) is 7.45. The van der Waals surface area contributed by atoms with Crippen molar-refractivity contribution >= 4 is 11.8 Å². The van der Waals surface area contributed by atoms with E-state index >= 15 is 0 Å². The van der Waals surface area contributed by atoms with E-state index in [1.165, 1.54) is 13.8 Å². The van der Waals surface area contributed by atoms with E-state index in [1.54, 1.807) is 10.2 Å². The summed E-state index contributed by atoms with van der Waals surface area (Å²) in [5, 5.41) is 1.79. The predicted molar refractivity (Wildman–Crippen MR) is 72.0 cm³/mol. The van der Waals surface area contributed by atoms with Crippen LogP contribution in [0.5, 0.6) is 0 Å². The number of hydrogen-bond donors (Lipinski definition) is 1. The van der Waals surface area contributed by atoms with Crippen molar-refractivity contribution in [1.82, 2.24) is 10.2 Å². The number of alkyl halides is 3. The van der Waals surface area contributed by atoms with E-state index in [4.69, 9.17) is 4.74 Å². The molecule has 0 aromatic rings. The Hall–Kier alpha value is -1.31. The molecular weight excluding hydrogens is 301 g/mol. The molecule has 22 heavy (non-hydrogen) atoms. The molecule has 5 nitrogen and oxygen atoms in total. The number of rotatable bonds is 2. The summed E-state index contributed by atoms with van der Waals surface area (Å²) in [6, 6.07) is -0.114. The summed E-state index contributed by atoms with van der Waals surface area (Å²) < 4.78 is 42.8. The molecule has 1 saturated carbocycles. The van der Waals surface area contributed by atoms with Crippen LogP contribution in [0, 0.1) is 0 Å². The SMILES string of the molecule is CC(C)(NC(=O)C(F)(F)F)C(=O)N1CCOC2CCCCC21. The third kappa shape index (κ3) is 3.53. The van der Waals surface area contributed by atoms with E-state index in [9.17, 15) is 22.8 Å². The van der Waals surface area contributed by atoms with Crippen LogP contribution >= 0.6 is 0 Å². The molecule has 2 rings (SSSR count). The lowest BCUT2D eigenvalue weighted by Gasteiger charge is -2.46. The van der Waals surface area contributed by atoms with Crippen molar-refractivity contribution in [2.75, 3.05) is 13.2 Å². The molecule has 126 valence electrons. The van der Waals surface area contributed by atoms with E-state index in [0.717, 1.165) is 25.7 Å². The fraction of sp³-hybridized carbons (Fsp3) is 0.857. The molecule has 0 radical (unpaired) electrons. The molecule has 1 heterocycles. The molecule has 1 aliphatic heterocycles. The van der Waals surface area contributed by atoms with Crippen LogP contribution in [0.15, 0.2) is 0 Å². The van der Waals surface area contributed by atoms with E-state index in [1.807, 2.05) is 0 Å². The molecule has 0 spiro atoms. The number of hydrogen-bond acceptors (Lipinski definition) is 3. The maximum absolute atomic E-state index is 12.6. The van der Waals surface area contributed by atoms with E-state index in [-0.39, 0.29) is 12.1 Å². The summed E-state index contributed by atoms with van der Waals surface area (Å²) in [6.45, 7) is 3.31. The standard InChI is InChI=1S/C14H21F3N2O3/c1-13(2,18-11(20)14(15,16)17)12(21)19-7-8-22-10-6-4-3-5-9(10)19/h9-10H,3-8H2,1-2H3,(H,18,20). The smallest absolute Gasteiger partial charge is 0.374 e. The van der Waals surface area contributed by atoms with Gasteiger partial charge < -0.3 is 15.0 Å². The average Bonchev–Trinajstić information content (AvgIpc) is 2.44. The number of ether oxygens (including phenoxy) is 1. The van der Waals surface area contributed by atoms with Crippen LogP contribution in [0.25, 0.3) is 0 Å². The maximum atomic E-state index is 12.6. The first-order valence-electron chi connectivity index (χ1n) is 7.45. The molecule has 2 amide bonds. The third-order valence-corrected chi connectivity index (χ3v) is 4.21. The van der Waals surface area contributed by atoms with Crippen molar-refractivity contribution in [2.24, 2.45) is 0 Å². The van der Waals surface area contributed by atoms with Gasteiger partial charge in [0.2, 0.25) is 5.91 Å². The summed E-state index contributed by atoms with van der Waals surface area (Å²) >= 11 is 0. The molecule has 1 saturated heterocycles.